The molecule has 0 saturated carbocycles. The lowest BCUT2D eigenvalue weighted by molar-refractivity contribution is -0.0280. The number of fused-ring (bicyclic) bond motifs is 2. The molecule has 2 heterocycles. The van der Waals surface area contributed by atoms with Crippen LogP contribution in [0.1, 0.15) is 62.8 Å². The maximum Gasteiger partial charge on any atom is 0.127 e. The van der Waals surface area contributed by atoms with Gasteiger partial charge < -0.3 is 123 Å². The first-order valence-corrected chi connectivity index (χ1v) is 42.3. The van der Waals surface area contributed by atoms with Crippen LogP contribution in [0.15, 0.2) is 84.9 Å². The zero-order chi connectivity index (χ0) is 80.3. The van der Waals surface area contributed by atoms with Crippen LogP contribution in [0.4, 0.5) is 0 Å². The molecule has 0 atom stereocenters. The van der Waals surface area contributed by atoms with E-state index >= 15 is 0 Å². The smallest absolute Gasteiger partial charge is 0.127 e. The lowest BCUT2D eigenvalue weighted by atomic mass is 9.90. The molecule has 6 aromatic rings. The third kappa shape index (κ3) is 45.6. The van der Waals surface area contributed by atoms with Crippen molar-refractivity contribution in [2.45, 2.75) is 52.4 Å². The van der Waals surface area contributed by atoms with Crippen molar-refractivity contribution in [2.24, 2.45) is 0 Å². The van der Waals surface area contributed by atoms with E-state index in [4.69, 9.17) is 123 Å². The average Bonchev–Trinajstić information content (AvgIpc) is 0.790. The number of hydrogen-bond donors (Lipinski definition) is 0. The summed E-state index contributed by atoms with van der Waals surface area (Å²) >= 11 is 3.71. The van der Waals surface area contributed by atoms with Crippen LogP contribution >= 0.6 is 22.7 Å². The number of methoxy groups -OCH3 is 2. The molecule has 0 amide bonds. The molecule has 0 aliphatic rings. The molecule has 26 nitrogen and oxygen atoms in total. The van der Waals surface area contributed by atoms with Crippen LogP contribution in [-0.4, -0.2) is 331 Å². The van der Waals surface area contributed by atoms with Crippen molar-refractivity contribution >= 4 is 44.2 Å². The van der Waals surface area contributed by atoms with Gasteiger partial charge in [-0.15, -0.1) is 22.7 Å². The summed E-state index contributed by atoms with van der Waals surface area (Å²) in [6.45, 7) is 32.8. The van der Waals surface area contributed by atoms with E-state index in [1.54, 1.807) is 14.2 Å². The van der Waals surface area contributed by atoms with Crippen molar-refractivity contribution < 1.29 is 123 Å². The van der Waals surface area contributed by atoms with Crippen LogP contribution in [0.3, 0.4) is 0 Å². The normalized spacial score (nSPS) is 11.9. The summed E-state index contributed by atoms with van der Waals surface area (Å²) in [6.07, 6.45) is 1.37. The van der Waals surface area contributed by atoms with E-state index in [0.29, 0.717) is 342 Å². The molecule has 0 N–H and O–H groups in total. The highest BCUT2D eigenvalue weighted by atomic mass is 32.1. The monoisotopic (exact) mass is 1650 g/mol. The molecule has 0 bridgehead atoms. The summed E-state index contributed by atoms with van der Waals surface area (Å²) in [5.41, 5.74) is 4.42. The minimum atomic E-state index is 0.360. The van der Waals surface area contributed by atoms with Crippen molar-refractivity contribution in [1.29, 1.82) is 0 Å². The van der Waals surface area contributed by atoms with E-state index < -0.39 is 0 Å². The van der Waals surface area contributed by atoms with E-state index in [9.17, 15) is 0 Å². The molecule has 6 rings (SSSR count). The molecule has 114 heavy (non-hydrogen) atoms. The number of hydrogen-bond acceptors (Lipinski definition) is 28. The molecule has 0 radical (unpaired) electrons. The van der Waals surface area contributed by atoms with Gasteiger partial charge in [0, 0.05) is 70.9 Å². The predicted octanol–water partition coefficient (Wildman–Crippen LogP) is 12.6. The van der Waals surface area contributed by atoms with Gasteiger partial charge in [0.1, 0.15) is 11.5 Å². The maximum absolute atomic E-state index is 6.82. The summed E-state index contributed by atoms with van der Waals surface area (Å²) < 4.78 is 147. The highest BCUT2D eigenvalue weighted by Gasteiger charge is 2.22. The second-order valence-electron chi connectivity index (χ2n) is 26.3. The third-order valence-electron chi connectivity index (χ3n) is 16.9. The maximum atomic E-state index is 6.82. The summed E-state index contributed by atoms with van der Waals surface area (Å²) in [6, 6.07) is 31.2. The molecular formula is C86H134O26S2. The fourth-order valence-electron chi connectivity index (χ4n) is 10.9. The van der Waals surface area contributed by atoms with Gasteiger partial charge in [-0.05, 0) is 87.0 Å². The molecule has 0 fully saturated rings. The Hall–Kier alpha value is -4.56. The molecule has 28 heteroatoms. The van der Waals surface area contributed by atoms with Crippen molar-refractivity contribution in [1.82, 2.24) is 0 Å². The van der Waals surface area contributed by atoms with Crippen molar-refractivity contribution in [2.75, 3.05) is 331 Å². The summed E-state index contributed by atoms with van der Waals surface area (Å²) in [4.78, 5) is 5.19. The fraction of sp³-hybridized carbons (Fsp3) is 0.674. The van der Waals surface area contributed by atoms with Gasteiger partial charge >= 0.3 is 0 Å². The molecule has 0 saturated heterocycles. The highest BCUT2D eigenvalue weighted by molar-refractivity contribution is 7.24. The topological polar surface area (TPSA) is 240 Å². The Morgan fingerprint density at radius 1 is 0.228 bits per heavy atom. The molecule has 0 aliphatic carbocycles. The van der Waals surface area contributed by atoms with Crippen molar-refractivity contribution in [3.8, 4) is 42.8 Å². The van der Waals surface area contributed by atoms with Gasteiger partial charge in [0.2, 0.25) is 0 Å². The van der Waals surface area contributed by atoms with E-state index in [-0.39, 0.29) is 0 Å². The van der Waals surface area contributed by atoms with Crippen LogP contribution in [0.2, 0.25) is 0 Å². The van der Waals surface area contributed by atoms with Gasteiger partial charge in [-0.25, -0.2) is 0 Å². The first-order valence-electron chi connectivity index (χ1n) is 40.7. The standard InChI is InChI=1S/C86H134O26S2/c1-71(2)73-9-13-77-74(69-73)11-15-79(111-23-7-21-89-29-31-93-37-39-97-45-47-101-53-55-105-61-63-109-67-65-107-59-57-103-51-49-99-43-41-95-35-33-91-27-25-87-5)85(77)86-78-14-10-76(82-18-20-84(114-82)83-19-17-81(113-83)72(3)4)70-75(78)12-16-80(86)112-24-8-22-90-30-32-94-38-40-98-46-48-102-54-56-106-62-64-110-68-66-108-60-58-104-52-50-100-44-42-96-36-34-92-28-26-88-6/h9-20,69-72H,7-8,21-68H2,1-6H3. The lowest BCUT2D eigenvalue weighted by Gasteiger charge is -2.21. The van der Waals surface area contributed by atoms with Gasteiger partial charge in [-0.1, -0.05) is 70.2 Å². The van der Waals surface area contributed by atoms with E-state index in [0.717, 1.165) is 44.2 Å². The van der Waals surface area contributed by atoms with E-state index in [2.05, 4.69) is 113 Å². The SMILES string of the molecule is COCCOCCOCCOCCOCCOCCOCCOCCOCCOCCOCCOCCCOc1ccc2cc(-c3ccc(-c4ccc(C(C)C)s4)s3)ccc2c1-c1c(OCCCOCCOCCOCCOCCOCCOCCOCCOCCOCCOCCOCCOC)ccc2cc(C(C)C)ccc12. The quantitative estimate of drug-likeness (QED) is 0.0322. The van der Waals surface area contributed by atoms with E-state index in [1.807, 2.05) is 22.7 Å². The molecule has 0 aliphatic heterocycles. The van der Waals surface area contributed by atoms with Gasteiger partial charge in [-0.2, -0.15) is 0 Å². The zero-order valence-electron chi connectivity index (χ0n) is 69.0. The Morgan fingerprint density at radius 3 is 0.781 bits per heavy atom. The Morgan fingerprint density at radius 2 is 0.491 bits per heavy atom. The zero-order valence-corrected chi connectivity index (χ0v) is 70.7. The van der Waals surface area contributed by atoms with Crippen molar-refractivity contribution in [3.63, 3.8) is 0 Å². The minimum Gasteiger partial charge on any atom is -0.493 e. The van der Waals surface area contributed by atoms with Crippen LogP contribution in [0, 0.1) is 0 Å². The first kappa shape index (κ1) is 98.3. The van der Waals surface area contributed by atoms with Crippen LogP contribution < -0.4 is 9.47 Å². The average molecular weight is 1650 g/mol. The van der Waals surface area contributed by atoms with Crippen molar-refractivity contribution in [3.05, 3.63) is 95.4 Å². The minimum absolute atomic E-state index is 0.360. The largest absolute Gasteiger partial charge is 0.493 e. The third-order valence-corrected chi connectivity index (χ3v) is 19.6. The van der Waals surface area contributed by atoms with Gasteiger partial charge in [0.15, 0.2) is 0 Å². The number of benzene rings is 4. The fourth-order valence-corrected chi connectivity index (χ4v) is 13.0. The van der Waals surface area contributed by atoms with Crippen LogP contribution in [-0.2, 0) is 114 Å². The first-order chi connectivity index (χ1) is 56.4. The summed E-state index contributed by atoms with van der Waals surface area (Å²) in [5.74, 6) is 2.41. The molecular weight excluding hydrogens is 1510 g/mol. The molecule has 646 valence electrons. The van der Waals surface area contributed by atoms with Crippen LogP contribution in [0.5, 0.6) is 11.5 Å². The Bertz CT molecular complexity index is 3230. The molecule has 2 aromatic heterocycles. The molecule has 0 spiro atoms. The Kier molecular flexibility index (Phi) is 58.8. The van der Waals surface area contributed by atoms with E-state index in [1.165, 1.54) is 30.6 Å². The van der Waals surface area contributed by atoms with Gasteiger partial charge in [0.05, 0.1) is 304 Å². The van der Waals surface area contributed by atoms with Gasteiger partial charge in [0.25, 0.3) is 0 Å². The van der Waals surface area contributed by atoms with Gasteiger partial charge in [-0.3, -0.25) is 0 Å². The second-order valence-corrected chi connectivity index (χ2v) is 28.5. The highest BCUT2D eigenvalue weighted by Crippen LogP contribution is 2.47. The number of rotatable bonds is 81. The Labute approximate surface area is 685 Å². The number of thiophene rings is 2. The summed E-state index contributed by atoms with van der Waals surface area (Å²) in [7, 11) is 3.29. The molecule has 0 unspecified atom stereocenters. The Balaban J connectivity index is 0.818. The van der Waals surface area contributed by atoms with Crippen LogP contribution in [0.25, 0.3) is 52.9 Å². The number of ether oxygens (including phenoxy) is 26. The molecule has 4 aromatic carbocycles. The predicted molar refractivity (Wildman–Crippen MR) is 444 cm³/mol. The lowest BCUT2D eigenvalue weighted by Crippen LogP contribution is -2.15. The summed E-state index contributed by atoms with van der Waals surface area (Å²) in [5, 5.41) is 4.41. The second kappa shape index (κ2) is 68.2.